The molecule has 1 aliphatic heterocycles. The van der Waals surface area contributed by atoms with Crippen LogP contribution < -0.4 is 11.1 Å². The number of rotatable bonds is 7. The van der Waals surface area contributed by atoms with Crippen molar-refractivity contribution < 1.29 is 13.6 Å². The van der Waals surface area contributed by atoms with Gasteiger partial charge in [-0.3, -0.25) is 9.69 Å². The third kappa shape index (κ3) is 7.10. The van der Waals surface area contributed by atoms with Crippen molar-refractivity contribution in [3.63, 3.8) is 0 Å². The van der Waals surface area contributed by atoms with Crippen LogP contribution in [0.2, 0.25) is 0 Å². The van der Waals surface area contributed by atoms with Gasteiger partial charge in [0.25, 0.3) is 0 Å². The fourth-order valence-corrected chi connectivity index (χ4v) is 2.93. The molecule has 140 valence electrons. The van der Waals surface area contributed by atoms with Crippen LogP contribution in [0, 0.1) is 11.6 Å². The Balaban J connectivity index is 0.00000312. The molecular weight excluding hydrogens is 348 g/mol. The summed E-state index contributed by atoms with van der Waals surface area (Å²) in [4.78, 5) is 13.8. The summed E-state index contributed by atoms with van der Waals surface area (Å²) in [5.74, 6) is -1.16. The van der Waals surface area contributed by atoms with Gasteiger partial charge in [-0.05, 0) is 31.5 Å². The van der Waals surface area contributed by atoms with Gasteiger partial charge in [0, 0.05) is 43.7 Å². The maximum atomic E-state index is 13.6. The summed E-state index contributed by atoms with van der Waals surface area (Å²) >= 11 is 0. The minimum atomic E-state index is -0.575. The maximum absolute atomic E-state index is 13.6. The van der Waals surface area contributed by atoms with E-state index in [1.807, 2.05) is 6.08 Å². The molecule has 0 saturated carbocycles. The van der Waals surface area contributed by atoms with Crippen molar-refractivity contribution in [2.24, 2.45) is 5.73 Å². The van der Waals surface area contributed by atoms with E-state index in [0.717, 1.165) is 31.9 Å². The van der Waals surface area contributed by atoms with Crippen LogP contribution in [0.25, 0.3) is 6.08 Å². The van der Waals surface area contributed by atoms with E-state index in [2.05, 4.69) is 10.2 Å². The molecule has 1 unspecified atom stereocenters. The molecule has 1 aliphatic rings. The molecule has 1 aromatic rings. The molecule has 1 saturated heterocycles. The highest BCUT2D eigenvalue weighted by Gasteiger charge is 2.21. The lowest BCUT2D eigenvalue weighted by Gasteiger charge is -2.35. The average molecular weight is 374 g/mol. The summed E-state index contributed by atoms with van der Waals surface area (Å²) in [6.45, 7) is 2.59. The monoisotopic (exact) mass is 373 g/mol. The van der Waals surface area contributed by atoms with Crippen LogP contribution in [0.3, 0.4) is 0 Å². The van der Waals surface area contributed by atoms with Gasteiger partial charge in [-0.2, -0.15) is 0 Å². The minimum Gasteiger partial charge on any atom is -0.354 e. The summed E-state index contributed by atoms with van der Waals surface area (Å²) in [5, 5.41) is 2.92. The Labute approximate surface area is 153 Å². The molecular formula is C18H26ClF2N3O. The first-order valence-corrected chi connectivity index (χ1v) is 8.42. The molecule has 2 rings (SSSR count). The second kappa shape index (κ2) is 11.2. The fraction of sp³-hybridized carbons (Fsp3) is 0.500. The zero-order chi connectivity index (χ0) is 17.4. The summed E-state index contributed by atoms with van der Waals surface area (Å²) in [6.07, 6.45) is 7.19. The molecule has 0 aliphatic carbocycles. The van der Waals surface area contributed by atoms with E-state index in [-0.39, 0.29) is 24.4 Å². The molecule has 3 N–H and O–H groups in total. The number of nitrogens with two attached hydrogens (primary N) is 1. The Kier molecular flexibility index (Phi) is 9.63. The van der Waals surface area contributed by atoms with Gasteiger partial charge in [0.1, 0.15) is 11.6 Å². The van der Waals surface area contributed by atoms with Gasteiger partial charge in [0.2, 0.25) is 5.91 Å². The van der Waals surface area contributed by atoms with Crippen molar-refractivity contribution in [1.82, 2.24) is 10.2 Å². The van der Waals surface area contributed by atoms with Gasteiger partial charge in [-0.15, -0.1) is 12.4 Å². The standard InChI is InChI=1S/C18H25F2N3O.ClH/c19-15-7-6-14(17(20)12-15)4-3-11-23-10-2-1-5-16(23)13-22-18(24)8-9-21;/h3-4,6-7,12,16H,1-2,5,8-11,13,21H2,(H,22,24);1H/b4-3+;. The van der Waals surface area contributed by atoms with Crippen LogP contribution >= 0.6 is 12.4 Å². The molecule has 1 fully saturated rings. The SMILES string of the molecule is Cl.NCCC(=O)NCC1CCCCN1C/C=C/c1ccc(F)cc1F. The first-order valence-electron chi connectivity index (χ1n) is 8.42. The van der Waals surface area contributed by atoms with Crippen LogP contribution in [0.4, 0.5) is 8.78 Å². The van der Waals surface area contributed by atoms with E-state index >= 15 is 0 Å². The molecule has 0 aromatic heterocycles. The first-order chi connectivity index (χ1) is 11.6. The number of halogens is 3. The Bertz CT molecular complexity index is 583. The van der Waals surface area contributed by atoms with Gasteiger partial charge in [-0.1, -0.05) is 18.6 Å². The highest BCUT2D eigenvalue weighted by molar-refractivity contribution is 5.85. The molecule has 1 amide bonds. The van der Waals surface area contributed by atoms with Gasteiger partial charge in [-0.25, -0.2) is 8.78 Å². The quantitative estimate of drug-likeness (QED) is 0.772. The third-order valence-corrected chi connectivity index (χ3v) is 4.26. The summed E-state index contributed by atoms with van der Waals surface area (Å²) in [6, 6.07) is 3.85. The highest BCUT2D eigenvalue weighted by Crippen LogP contribution is 2.17. The lowest BCUT2D eigenvalue weighted by Crippen LogP contribution is -2.46. The van der Waals surface area contributed by atoms with Crippen molar-refractivity contribution in [2.45, 2.75) is 31.7 Å². The van der Waals surface area contributed by atoms with E-state index in [1.165, 1.54) is 12.1 Å². The van der Waals surface area contributed by atoms with Crippen molar-refractivity contribution in [3.8, 4) is 0 Å². The Hall–Kier alpha value is -1.50. The topological polar surface area (TPSA) is 58.4 Å². The van der Waals surface area contributed by atoms with Crippen LogP contribution in [0.5, 0.6) is 0 Å². The van der Waals surface area contributed by atoms with Crippen LogP contribution in [-0.2, 0) is 4.79 Å². The van der Waals surface area contributed by atoms with Gasteiger partial charge < -0.3 is 11.1 Å². The number of amides is 1. The number of benzene rings is 1. The average Bonchev–Trinajstić information content (AvgIpc) is 2.56. The lowest BCUT2D eigenvalue weighted by atomic mass is 10.0. The predicted molar refractivity (Wildman–Crippen MR) is 98.5 cm³/mol. The Morgan fingerprint density at radius 3 is 2.88 bits per heavy atom. The summed E-state index contributed by atoms with van der Waals surface area (Å²) in [7, 11) is 0. The van der Waals surface area contributed by atoms with Gasteiger partial charge in [0.05, 0.1) is 0 Å². The molecule has 1 atom stereocenters. The van der Waals surface area contributed by atoms with Crippen LogP contribution in [0.1, 0.15) is 31.2 Å². The number of hydrogen-bond acceptors (Lipinski definition) is 3. The largest absolute Gasteiger partial charge is 0.354 e. The zero-order valence-electron chi connectivity index (χ0n) is 14.2. The molecule has 0 bridgehead atoms. The van der Waals surface area contributed by atoms with Crippen molar-refractivity contribution >= 4 is 24.4 Å². The number of hydrogen-bond donors (Lipinski definition) is 2. The molecule has 0 spiro atoms. The van der Waals surface area contributed by atoms with Crippen LogP contribution in [-0.4, -0.2) is 43.0 Å². The van der Waals surface area contributed by atoms with E-state index in [4.69, 9.17) is 5.73 Å². The van der Waals surface area contributed by atoms with Crippen molar-refractivity contribution in [2.75, 3.05) is 26.2 Å². The van der Waals surface area contributed by atoms with Gasteiger partial charge >= 0.3 is 0 Å². The van der Waals surface area contributed by atoms with E-state index in [1.54, 1.807) is 6.08 Å². The highest BCUT2D eigenvalue weighted by atomic mass is 35.5. The van der Waals surface area contributed by atoms with Crippen molar-refractivity contribution in [1.29, 1.82) is 0 Å². The minimum absolute atomic E-state index is 0. The second-order valence-corrected chi connectivity index (χ2v) is 6.06. The van der Waals surface area contributed by atoms with E-state index < -0.39 is 11.6 Å². The van der Waals surface area contributed by atoms with E-state index in [0.29, 0.717) is 31.6 Å². The molecule has 7 heteroatoms. The molecule has 4 nitrogen and oxygen atoms in total. The zero-order valence-corrected chi connectivity index (χ0v) is 15.0. The van der Waals surface area contributed by atoms with Crippen molar-refractivity contribution in [3.05, 3.63) is 41.5 Å². The fourth-order valence-electron chi connectivity index (χ4n) is 2.93. The predicted octanol–water partition coefficient (Wildman–Crippen LogP) is 2.72. The van der Waals surface area contributed by atoms with E-state index in [9.17, 15) is 13.6 Å². The molecule has 0 radical (unpaired) electrons. The summed E-state index contributed by atoms with van der Waals surface area (Å²) < 4.78 is 26.5. The number of nitrogens with zero attached hydrogens (tertiary/aromatic N) is 1. The number of carbonyl (C=O) groups excluding carboxylic acids is 1. The third-order valence-electron chi connectivity index (χ3n) is 4.26. The molecule has 1 aromatic carbocycles. The number of carbonyl (C=O) groups is 1. The lowest BCUT2D eigenvalue weighted by molar-refractivity contribution is -0.121. The number of piperidine rings is 1. The normalized spacial score (nSPS) is 18.1. The summed E-state index contributed by atoms with van der Waals surface area (Å²) in [5.41, 5.74) is 5.75. The second-order valence-electron chi connectivity index (χ2n) is 6.06. The Morgan fingerprint density at radius 1 is 1.36 bits per heavy atom. The Morgan fingerprint density at radius 2 is 2.16 bits per heavy atom. The smallest absolute Gasteiger partial charge is 0.221 e. The number of likely N-dealkylation sites (tertiary alicyclic amines) is 1. The first kappa shape index (κ1) is 21.5. The molecule has 1 heterocycles. The van der Waals surface area contributed by atoms with Gasteiger partial charge in [0.15, 0.2) is 0 Å². The number of nitrogens with one attached hydrogen (secondary N) is 1. The van der Waals surface area contributed by atoms with Crippen LogP contribution in [0.15, 0.2) is 24.3 Å². The maximum Gasteiger partial charge on any atom is 0.221 e. The molecule has 25 heavy (non-hydrogen) atoms.